The molecule has 8 nitrogen and oxygen atoms in total. The number of ether oxygens (including phenoxy) is 1. The van der Waals surface area contributed by atoms with Gasteiger partial charge >= 0.3 is 5.97 Å². The summed E-state index contributed by atoms with van der Waals surface area (Å²) in [4.78, 5) is 10.2. The van der Waals surface area contributed by atoms with Crippen LogP contribution in [-0.4, -0.2) is 43.5 Å². The third-order valence-corrected chi connectivity index (χ3v) is 4.12. The second kappa shape index (κ2) is 7.24. The van der Waals surface area contributed by atoms with Gasteiger partial charge in [0.1, 0.15) is 18.8 Å². The molecule has 0 amide bonds. The van der Waals surface area contributed by atoms with E-state index in [0.29, 0.717) is 0 Å². The molecule has 1 rings (SSSR count). The van der Waals surface area contributed by atoms with E-state index in [0.717, 1.165) is 4.31 Å². The van der Waals surface area contributed by atoms with Crippen LogP contribution in [0.4, 0.5) is 0 Å². The lowest BCUT2D eigenvalue weighted by Gasteiger charge is -2.16. The molecule has 0 bridgehead atoms. The number of sulfonamides is 1. The van der Waals surface area contributed by atoms with Gasteiger partial charge in [-0.05, 0) is 24.3 Å². The van der Waals surface area contributed by atoms with Gasteiger partial charge in [-0.3, -0.25) is 0 Å². The van der Waals surface area contributed by atoms with E-state index >= 15 is 0 Å². The van der Waals surface area contributed by atoms with Crippen LogP contribution in [0.15, 0.2) is 29.2 Å². The third-order valence-electron chi connectivity index (χ3n) is 2.32. The molecule has 0 aromatic heterocycles. The van der Waals surface area contributed by atoms with Crippen molar-refractivity contribution in [3.63, 3.8) is 0 Å². The molecule has 0 radical (unpaired) electrons. The molecular weight excluding hydrogens is 298 g/mol. The number of carbonyl (C=O) groups is 1. The Morgan fingerprint density at radius 1 is 1.19 bits per heavy atom. The number of nitriles is 2. The molecule has 0 aliphatic carbocycles. The van der Waals surface area contributed by atoms with Gasteiger partial charge in [0.05, 0.1) is 17.0 Å². The van der Waals surface area contributed by atoms with Crippen LogP contribution >= 0.6 is 0 Å². The summed E-state index contributed by atoms with van der Waals surface area (Å²) in [6, 6.07) is 8.39. The minimum atomic E-state index is -3.96. The fourth-order valence-corrected chi connectivity index (χ4v) is 2.62. The molecule has 110 valence electrons. The topological polar surface area (TPSA) is 131 Å². The maximum atomic E-state index is 12.2. The van der Waals surface area contributed by atoms with Crippen LogP contribution in [0.2, 0.25) is 0 Å². The molecule has 9 heteroatoms. The van der Waals surface area contributed by atoms with Crippen molar-refractivity contribution in [1.82, 2.24) is 4.31 Å². The van der Waals surface area contributed by atoms with Crippen molar-refractivity contribution in [2.45, 2.75) is 4.90 Å². The number of rotatable bonds is 7. The van der Waals surface area contributed by atoms with Gasteiger partial charge in [-0.15, -0.1) is 0 Å². The maximum Gasteiger partial charge on any atom is 0.341 e. The van der Waals surface area contributed by atoms with Gasteiger partial charge in [-0.2, -0.15) is 14.8 Å². The van der Waals surface area contributed by atoms with Crippen LogP contribution in [0.5, 0.6) is 5.75 Å². The SMILES string of the molecule is N#CCN(CC#N)S(=O)(=O)c1ccc(OCC(=O)O)cc1. The standard InChI is InChI=1S/C12H11N3O5S/c13-5-7-15(8-6-14)21(18,19)11-3-1-10(2-4-11)20-9-12(16)17/h1-4H,7-9H2,(H,16,17). The van der Waals surface area contributed by atoms with Gasteiger partial charge in [0, 0.05) is 0 Å². The second-order valence-corrected chi connectivity index (χ2v) is 5.68. The highest BCUT2D eigenvalue weighted by atomic mass is 32.2. The van der Waals surface area contributed by atoms with E-state index in [4.69, 9.17) is 20.4 Å². The summed E-state index contributed by atoms with van der Waals surface area (Å²) in [5.74, 6) is -0.954. The molecule has 1 aromatic rings. The van der Waals surface area contributed by atoms with Crippen LogP contribution < -0.4 is 4.74 Å². The normalized spacial score (nSPS) is 10.6. The Bertz CT molecular complexity index is 669. The number of hydrogen-bond donors (Lipinski definition) is 1. The number of carboxylic acid groups (broad SMARTS) is 1. The quantitative estimate of drug-likeness (QED) is 0.711. The van der Waals surface area contributed by atoms with Crippen molar-refractivity contribution in [3.8, 4) is 17.9 Å². The maximum absolute atomic E-state index is 12.2. The van der Waals surface area contributed by atoms with Gasteiger partial charge in [0.25, 0.3) is 0 Å². The van der Waals surface area contributed by atoms with Crippen LogP contribution in [0.25, 0.3) is 0 Å². The van der Waals surface area contributed by atoms with Gasteiger partial charge in [-0.25, -0.2) is 13.2 Å². The van der Waals surface area contributed by atoms with Crippen LogP contribution in [0, 0.1) is 22.7 Å². The van der Waals surface area contributed by atoms with Gasteiger partial charge in [0.15, 0.2) is 6.61 Å². The molecular formula is C12H11N3O5S. The summed E-state index contributed by atoms with van der Waals surface area (Å²) in [5.41, 5.74) is 0. The van der Waals surface area contributed by atoms with E-state index in [1.165, 1.54) is 24.3 Å². The molecule has 0 unspecified atom stereocenters. The van der Waals surface area contributed by atoms with E-state index < -0.39 is 35.7 Å². The van der Waals surface area contributed by atoms with Crippen LogP contribution in [-0.2, 0) is 14.8 Å². The molecule has 0 fully saturated rings. The highest BCUT2D eigenvalue weighted by Gasteiger charge is 2.24. The first-order chi connectivity index (χ1) is 9.91. The van der Waals surface area contributed by atoms with E-state index in [1.807, 2.05) is 0 Å². The highest BCUT2D eigenvalue weighted by Crippen LogP contribution is 2.19. The van der Waals surface area contributed by atoms with E-state index in [1.54, 1.807) is 12.1 Å². The smallest absolute Gasteiger partial charge is 0.341 e. The average Bonchev–Trinajstić information content (AvgIpc) is 2.45. The van der Waals surface area contributed by atoms with Crippen molar-refractivity contribution in [1.29, 1.82) is 10.5 Å². The largest absolute Gasteiger partial charge is 0.482 e. The zero-order valence-corrected chi connectivity index (χ0v) is 11.6. The number of carboxylic acids is 1. The second-order valence-electron chi connectivity index (χ2n) is 3.74. The fourth-order valence-electron chi connectivity index (χ4n) is 1.39. The monoisotopic (exact) mass is 309 g/mol. The Hall–Kier alpha value is -2.62. The fraction of sp³-hybridized carbons (Fsp3) is 0.250. The first kappa shape index (κ1) is 16.4. The zero-order valence-electron chi connectivity index (χ0n) is 10.8. The predicted molar refractivity (Wildman–Crippen MR) is 69.6 cm³/mol. The van der Waals surface area contributed by atoms with E-state index in [9.17, 15) is 13.2 Å². The van der Waals surface area contributed by atoms with Gasteiger partial charge < -0.3 is 9.84 Å². The minimum absolute atomic E-state index is 0.115. The molecule has 21 heavy (non-hydrogen) atoms. The Morgan fingerprint density at radius 2 is 1.71 bits per heavy atom. The molecule has 0 heterocycles. The summed E-state index contributed by atoms with van der Waals surface area (Å²) >= 11 is 0. The Balaban J connectivity index is 2.96. The van der Waals surface area contributed by atoms with Crippen molar-refractivity contribution in [2.24, 2.45) is 0 Å². The van der Waals surface area contributed by atoms with Crippen molar-refractivity contribution in [3.05, 3.63) is 24.3 Å². The summed E-state index contributed by atoms with van der Waals surface area (Å²) in [6.07, 6.45) is 0. The number of nitrogens with zero attached hydrogens (tertiary/aromatic N) is 3. The van der Waals surface area contributed by atoms with Crippen LogP contribution in [0.3, 0.4) is 0 Å². The van der Waals surface area contributed by atoms with E-state index in [2.05, 4.69) is 0 Å². The molecule has 0 aliphatic heterocycles. The number of aliphatic carboxylic acids is 1. The van der Waals surface area contributed by atoms with Crippen LogP contribution in [0.1, 0.15) is 0 Å². The summed E-state index contributed by atoms with van der Waals surface area (Å²) in [6.45, 7) is -1.42. The zero-order chi connectivity index (χ0) is 15.9. The first-order valence-corrected chi connectivity index (χ1v) is 7.04. The van der Waals surface area contributed by atoms with Crippen molar-refractivity contribution >= 4 is 16.0 Å². The number of benzene rings is 1. The van der Waals surface area contributed by atoms with Gasteiger partial charge in [-0.1, -0.05) is 0 Å². The lowest BCUT2D eigenvalue weighted by molar-refractivity contribution is -0.139. The highest BCUT2D eigenvalue weighted by molar-refractivity contribution is 7.89. The lowest BCUT2D eigenvalue weighted by Crippen LogP contribution is -2.31. The summed E-state index contributed by atoms with van der Waals surface area (Å²) in [5, 5.41) is 25.7. The van der Waals surface area contributed by atoms with Gasteiger partial charge in [0.2, 0.25) is 10.0 Å². The Labute approximate surface area is 121 Å². The number of hydrogen-bond acceptors (Lipinski definition) is 6. The predicted octanol–water partition coefficient (Wildman–Crippen LogP) is 0.188. The van der Waals surface area contributed by atoms with Crippen molar-refractivity contribution < 1.29 is 23.1 Å². The lowest BCUT2D eigenvalue weighted by atomic mass is 10.3. The minimum Gasteiger partial charge on any atom is -0.482 e. The molecule has 0 atom stereocenters. The summed E-state index contributed by atoms with van der Waals surface area (Å²) < 4.78 is 30.0. The molecule has 0 saturated heterocycles. The Morgan fingerprint density at radius 3 is 2.14 bits per heavy atom. The van der Waals surface area contributed by atoms with Crippen molar-refractivity contribution in [2.75, 3.05) is 19.7 Å². The third kappa shape index (κ3) is 4.45. The molecule has 1 N–H and O–H groups in total. The average molecular weight is 309 g/mol. The molecule has 0 aliphatic rings. The Kier molecular flexibility index (Phi) is 5.67. The molecule has 0 saturated carbocycles. The first-order valence-electron chi connectivity index (χ1n) is 5.60. The summed E-state index contributed by atoms with van der Waals surface area (Å²) in [7, 11) is -3.96. The molecule has 1 aromatic carbocycles. The van der Waals surface area contributed by atoms with E-state index in [-0.39, 0.29) is 10.6 Å². The molecule has 0 spiro atoms.